The Morgan fingerprint density at radius 3 is 2.75 bits per heavy atom. The van der Waals surface area contributed by atoms with Gasteiger partial charge in [0.05, 0.1) is 11.4 Å². The highest BCUT2D eigenvalue weighted by molar-refractivity contribution is 5.76. The number of anilines is 1. The van der Waals surface area contributed by atoms with Gasteiger partial charge in [-0.2, -0.15) is 5.10 Å². The maximum atomic E-state index is 6.04. The second-order valence-corrected chi connectivity index (χ2v) is 8.06. The number of rotatable bonds is 3. The molecule has 2 bridgehead atoms. The van der Waals surface area contributed by atoms with E-state index >= 15 is 0 Å². The van der Waals surface area contributed by atoms with E-state index in [-0.39, 0.29) is 0 Å². The molecule has 3 atom stereocenters. The van der Waals surface area contributed by atoms with Crippen LogP contribution >= 0.6 is 0 Å². The van der Waals surface area contributed by atoms with Crippen LogP contribution < -0.4 is 15.4 Å². The maximum Gasteiger partial charge on any atom is 0.131 e. The molecule has 28 heavy (non-hydrogen) atoms. The van der Waals surface area contributed by atoms with Gasteiger partial charge in [-0.25, -0.2) is 9.67 Å². The van der Waals surface area contributed by atoms with E-state index in [1.54, 1.807) is 6.20 Å². The average Bonchev–Trinajstić information content (AvgIpc) is 3.37. The zero-order valence-corrected chi connectivity index (χ0v) is 15.6. The van der Waals surface area contributed by atoms with Crippen molar-refractivity contribution in [2.75, 3.05) is 5.32 Å². The molecular formula is C22H23N5O. The minimum atomic E-state index is 0.498. The summed E-state index contributed by atoms with van der Waals surface area (Å²) in [4.78, 5) is 4.87. The van der Waals surface area contributed by atoms with Gasteiger partial charge in [0.15, 0.2) is 0 Å². The monoisotopic (exact) mass is 373 g/mol. The van der Waals surface area contributed by atoms with Crippen molar-refractivity contribution in [1.82, 2.24) is 20.1 Å². The lowest BCUT2D eigenvalue weighted by atomic mass is 9.99. The van der Waals surface area contributed by atoms with Crippen LogP contribution in [0, 0.1) is 0 Å². The maximum absolute atomic E-state index is 6.04. The minimum absolute atomic E-state index is 0.498. The normalized spacial score (nSPS) is 24.9. The molecule has 2 saturated heterocycles. The molecule has 3 aliphatic heterocycles. The van der Waals surface area contributed by atoms with Gasteiger partial charge in [-0.05, 0) is 56.0 Å². The third kappa shape index (κ3) is 2.76. The van der Waals surface area contributed by atoms with E-state index in [9.17, 15) is 0 Å². The number of hydrogen-bond acceptors (Lipinski definition) is 5. The highest BCUT2D eigenvalue weighted by Crippen LogP contribution is 2.38. The second kappa shape index (κ2) is 6.34. The molecule has 3 aromatic rings. The van der Waals surface area contributed by atoms with E-state index in [4.69, 9.17) is 9.72 Å². The van der Waals surface area contributed by atoms with Crippen molar-refractivity contribution in [1.29, 1.82) is 0 Å². The molecule has 6 rings (SSSR count). The van der Waals surface area contributed by atoms with Gasteiger partial charge in [-0.3, -0.25) is 0 Å². The number of nitrogens with one attached hydrogen (secondary N) is 2. The fourth-order valence-corrected chi connectivity index (χ4v) is 4.88. The van der Waals surface area contributed by atoms with Gasteiger partial charge in [0.1, 0.15) is 18.2 Å². The van der Waals surface area contributed by atoms with Gasteiger partial charge in [0.25, 0.3) is 0 Å². The van der Waals surface area contributed by atoms with Gasteiger partial charge < -0.3 is 15.4 Å². The Hall–Kier alpha value is -2.86. The largest absolute Gasteiger partial charge is 0.487 e. The minimum Gasteiger partial charge on any atom is -0.487 e. The predicted octanol–water partition coefficient (Wildman–Crippen LogP) is 3.52. The molecule has 3 aliphatic rings. The Balaban J connectivity index is 1.26. The summed E-state index contributed by atoms with van der Waals surface area (Å²) in [5.74, 6) is 1.85. The summed E-state index contributed by atoms with van der Waals surface area (Å²) < 4.78 is 7.88. The summed E-state index contributed by atoms with van der Waals surface area (Å²) in [5.41, 5.74) is 4.25. The molecular weight excluding hydrogens is 350 g/mol. The molecule has 6 heteroatoms. The first kappa shape index (κ1) is 16.1. The third-order valence-corrected chi connectivity index (χ3v) is 6.19. The third-order valence-electron chi connectivity index (χ3n) is 6.19. The van der Waals surface area contributed by atoms with Crippen molar-refractivity contribution in [3.8, 4) is 22.6 Å². The van der Waals surface area contributed by atoms with Crippen LogP contribution in [0.15, 0.2) is 48.8 Å². The number of aromatic nitrogens is 3. The SMILES string of the molecule is c1cnn(-c2ccc3c(c2)OCc2nc(N[C@@H]4C[C@H]5CC[C@@H](C4)N5)ccc2-3)c1. The van der Waals surface area contributed by atoms with Crippen LogP contribution in [0.2, 0.25) is 0 Å². The Morgan fingerprint density at radius 1 is 1.07 bits per heavy atom. The second-order valence-electron chi connectivity index (χ2n) is 8.06. The van der Waals surface area contributed by atoms with Crippen molar-refractivity contribution in [2.45, 2.75) is 50.4 Å². The fourth-order valence-electron chi connectivity index (χ4n) is 4.88. The number of pyridine rings is 1. The first-order valence-corrected chi connectivity index (χ1v) is 10.1. The van der Waals surface area contributed by atoms with Crippen molar-refractivity contribution in [2.24, 2.45) is 0 Å². The van der Waals surface area contributed by atoms with E-state index in [2.05, 4.69) is 40.0 Å². The molecule has 1 aromatic carbocycles. The number of hydrogen-bond donors (Lipinski definition) is 2. The van der Waals surface area contributed by atoms with Crippen molar-refractivity contribution in [3.63, 3.8) is 0 Å². The molecule has 0 aliphatic carbocycles. The summed E-state index contributed by atoms with van der Waals surface area (Å²) in [5, 5.41) is 11.7. The summed E-state index contributed by atoms with van der Waals surface area (Å²) in [6.07, 6.45) is 8.71. The summed E-state index contributed by atoms with van der Waals surface area (Å²) >= 11 is 0. The van der Waals surface area contributed by atoms with Gasteiger partial charge in [0, 0.05) is 47.7 Å². The van der Waals surface area contributed by atoms with Crippen LogP contribution in [0.25, 0.3) is 16.8 Å². The molecule has 0 amide bonds. The van der Waals surface area contributed by atoms with Gasteiger partial charge in [0.2, 0.25) is 0 Å². The summed E-state index contributed by atoms with van der Waals surface area (Å²) in [6.45, 7) is 0.498. The number of benzene rings is 1. The number of fused-ring (bicyclic) bond motifs is 5. The smallest absolute Gasteiger partial charge is 0.131 e. The lowest BCUT2D eigenvalue weighted by Crippen LogP contribution is -2.43. The van der Waals surface area contributed by atoms with Crippen LogP contribution in [-0.2, 0) is 6.61 Å². The Bertz CT molecular complexity index is 1000. The van der Waals surface area contributed by atoms with Crippen molar-refractivity contribution < 1.29 is 4.74 Å². The lowest BCUT2D eigenvalue weighted by Gasteiger charge is -2.30. The fraction of sp³-hybridized carbons (Fsp3) is 0.364. The molecule has 0 unspecified atom stereocenters. The van der Waals surface area contributed by atoms with E-state index < -0.39 is 0 Å². The molecule has 5 heterocycles. The van der Waals surface area contributed by atoms with Crippen LogP contribution in [0.3, 0.4) is 0 Å². The van der Waals surface area contributed by atoms with Gasteiger partial charge >= 0.3 is 0 Å². The number of ether oxygens (including phenoxy) is 1. The van der Waals surface area contributed by atoms with Gasteiger partial charge in [-0.1, -0.05) is 0 Å². The van der Waals surface area contributed by atoms with Crippen LogP contribution in [0.1, 0.15) is 31.4 Å². The topological polar surface area (TPSA) is 64.0 Å². The Labute approximate surface area is 163 Å². The average molecular weight is 373 g/mol. The zero-order chi connectivity index (χ0) is 18.5. The first-order valence-electron chi connectivity index (χ1n) is 10.1. The van der Waals surface area contributed by atoms with Gasteiger partial charge in [-0.15, -0.1) is 0 Å². The van der Waals surface area contributed by atoms with E-state index in [1.165, 1.54) is 25.7 Å². The Morgan fingerprint density at radius 2 is 1.93 bits per heavy atom. The van der Waals surface area contributed by atoms with Crippen LogP contribution in [0.5, 0.6) is 5.75 Å². The molecule has 0 saturated carbocycles. The number of piperidine rings is 1. The van der Waals surface area contributed by atoms with E-state index in [1.807, 2.05) is 23.0 Å². The van der Waals surface area contributed by atoms with Crippen molar-refractivity contribution in [3.05, 3.63) is 54.5 Å². The molecule has 2 aromatic heterocycles. The van der Waals surface area contributed by atoms with Crippen LogP contribution in [0.4, 0.5) is 5.82 Å². The lowest BCUT2D eigenvalue weighted by molar-refractivity contribution is 0.297. The molecule has 2 fully saturated rings. The molecule has 142 valence electrons. The summed E-state index contributed by atoms with van der Waals surface area (Å²) in [7, 11) is 0. The summed E-state index contributed by atoms with van der Waals surface area (Å²) in [6, 6.07) is 14.3. The first-order chi connectivity index (χ1) is 13.8. The quantitative estimate of drug-likeness (QED) is 0.735. The van der Waals surface area contributed by atoms with Crippen molar-refractivity contribution >= 4 is 5.82 Å². The molecule has 6 nitrogen and oxygen atoms in total. The van der Waals surface area contributed by atoms with E-state index in [0.717, 1.165) is 34.1 Å². The van der Waals surface area contributed by atoms with Crippen LogP contribution in [-0.4, -0.2) is 32.9 Å². The Kier molecular flexibility index (Phi) is 3.65. The molecule has 2 N–H and O–H groups in total. The van der Waals surface area contributed by atoms with E-state index in [0.29, 0.717) is 24.7 Å². The predicted molar refractivity (Wildman–Crippen MR) is 108 cm³/mol. The highest BCUT2D eigenvalue weighted by Gasteiger charge is 2.33. The number of nitrogens with zero attached hydrogens (tertiary/aromatic N) is 3. The molecule has 0 radical (unpaired) electrons. The molecule has 0 spiro atoms. The zero-order valence-electron chi connectivity index (χ0n) is 15.6. The standard InChI is InChI=1S/C22H23N5O/c1-8-23-27(9-1)17-4-5-19-18-6-7-22(26-20(18)13-28-21(19)12-17)25-16-10-14-2-3-15(11-16)24-14/h1,4-9,12,14-16,24H,2-3,10-11,13H2,(H,25,26)/t14-,15+,16-. The highest BCUT2D eigenvalue weighted by atomic mass is 16.5.